The summed E-state index contributed by atoms with van der Waals surface area (Å²) in [7, 11) is 1.58. The fourth-order valence-electron chi connectivity index (χ4n) is 1.94. The van der Waals surface area contributed by atoms with E-state index < -0.39 is 0 Å². The molecule has 3 nitrogen and oxygen atoms in total. The van der Waals surface area contributed by atoms with Gasteiger partial charge in [-0.05, 0) is 36.8 Å². The molecule has 0 heterocycles. The third-order valence-electron chi connectivity index (χ3n) is 3.05. The minimum Gasteiger partial charge on any atom is -0.496 e. The Bertz CT molecular complexity index is 626. The maximum absolute atomic E-state index is 13.4. The van der Waals surface area contributed by atoms with Crippen molar-refractivity contribution in [1.82, 2.24) is 5.32 Å². The number of hydrogen-bond donors (Lipinski definition) is 1. The lowest BCUT2D eigenvalue weighted by Crippen LogP contribution is -2.23. The molecule has 4 heteroatoms. The van der Waals surface area contributed by atoms with Crippen LogP contribution < -0.4 is 10.1 Å². The standard InChI is InChI=1S/C16H16FNO2/c1-11-9-12(7-8-15(11)20-2)16(19)18-10-13-5-3-4-6-14(13)17/h3-9H,10H2,1-2H3,(H,18,19). The van der Waals surface area contributed by atoms with Crippen molar-refractivity contribution in [2.24, 2.45) is 0 Å². The number of rotatable bonds is 4. The quantitative estimate of drug-likeness (QED) is 0.929. The summed E-state index contributed by atoms with van der Waals surface area (Å²) in [6.07, 6.45) is 0. The number of carbonyl (C=O) groups is 1. The van der Waals surface area contributed by atoms with Gasteiger partial charge in [0, 0.05) is 17.7 Å². The molecule has 0 aliphatic heterocycles. The van der Waals surface area contributed by atoms with Gasteiger partial charge in [0.15, 0.2) is 0 Å². The molecular weight excluding hydrogens is 257 g/mol. The second-order valence-corrected chi connectivity index (χ2v) is 4.46. The van der Waals surface area contributed by atoms with E-state index in [1.54, 1.807) is 43.5 Å². The first-order valence-corrected chi connectivity index (χ1v) is 6.28. The van der Waals surface area contributed by atoms with Gasteiger partial charge in [-0.25, -0.2) is 4.39 Å². The van der Waals surface area contributed by atoms with Gasteiger partial charge in [0.1, 0.15) is 11.6 Å². The highest BCUT2D eigenvalue weighted by molar-refractivity contribution is 5.94. The number of aryl methyl sites for hydroxylation is 1. The van der Waals surface area contributed by atoms with Crippen molar-refractivity contribution >= 4 is 5.91 Å². The molecule has 0 bridgehead atoms. The summed E-state index contributed by atoms with van der Waals surface area (Å²) in [5, 5.41) is 2.70. The van der Waals surface area contributed by atoms with Gasteiger partial charge in [-0.3, -0.25) is 4.79 Å². The van der Waals surface area contributed by atoms with E-state index in [1.807, 2.05) is 6.92 Å². The minimum absolute atomic E-state index is 0.163. The zero-order valence-electron chi connectivity index (χ0n) is 11.4. The summed E-state index contributed by atoms with van der Waals surface area (Å²) in [6.45, 7) is 2.03. The molecule has 0 saturated carbocycles. The van der Waals surface area contributed by atoms with Gasteiger partial charge in [0.25, 0.3) is 5.91 Å². The second kappa shape index (κ2) is 6.19. The molecular formula is C16H16FNO2. The van der Waals surface area contributed by atoms with E-state index in [0.29, 0.717) is 11.1 Å². The predicted octanol–water partition coefficient (Wildman–Crippen LogP) is 3.07. The number of hydrogen-bond acceptors (Lipinski definition) is 2. The van der Waals surface area contributed by atoms with Crippen molar-refractivity contribution in [2.75, 3.05) is 7.11 Å². The number of benzene rings is 2. The molecule has 0 fully saturated rings. The highest BCUT2D eigenvalue weighted by Gasteiger charge is 2.09. The number of nitrogens with one attached hydrogen (secondary N) is 1. The van der Waals surface area contributed by atoms with E-state index >= 15 is 0 Å². The summed E-state index contributed by atoms with van der Waals surface area (Å²) < 4.78 is 18.6. The van der Waals surface area contributed by atoms with Crippen LogP contribution in [0.3, 0.4) is 0 Å². The first kappa shape index (κ1) is 14.1. The minimum atomic E-state index is -0.321. The van der Waals surface area contributed by atoms with Crippen molar-refractivity contribution < 1.29 is 13.9 Å². The number of halogens is 1. The van der Waals surface area contributed by atoms with E-state index in [0.717, 1.165) is 11.3 Å². The van der Waals surface area contributed by atoms with Gasteiger partial charge in [-0.2, -0.15) is 0 Å². The Kier molecular flexibility index (Phi) is 4.35. The maximum atomic E-state index is 13.4. The third kappa shape index (κ3) is 3.15. The normalized spacial score (nSPS) is 10.2. The van der Waals surface area contributed by atoms with Crippen LogP contribution in [0, 0.1) is 12.7 Å². The molecule has 0 atom stereocenters. The highest BCUT2D eigenvalue weighted by atomic mass is 19.1. The van der Waals surface area contributed by atoms with Gasteiger partial charge < -0.3 is 10.1 Å². The molecule has 0 aliphatic rings. The van der Waals surface area contributed by atoms with Crippen molar-refractivity contribution in [1.29, 1.82) is 0 Å². The maximum Gasteiger partial charge on any atom is 0.251 e. The van der Waals surface area contributed by atoms with Crippen LogP contribution in [0.1, 0.15) is 21.5 Å². The molecule has 1 amide bonds. The third-order valence-corrected chi connectivity index (χ3v) is 3.05. The Morgan fingerprint density at radius 1 is 1.25 bits per heavy atom. The Morgan fingerprint density at radius 3 is 2.65 bits per heavy atom. The number of methoxy groups -OCH3 is 1. The van der Waals surface area contributed by atoms with Crippen LogP contribution in [0.25, 0.3) is 0 Å². The molecule has 104 valence electrons. The Hall–Kier alpha value is -2.36. The Balaban J connectivity index is 2.05. The highest BCUT2D eigenvalue weighted by Crippen LogP contribution is 2.18. The van der Waals surface area contributed by atoms with Crippen molar-refractivity contribution in [3.8, 4) is 5.75 Å². The van der Waals surface area contributed by atoms with Crippen LogP contribution in [-0.2, 0) is 6.54 Å². The smallest absolute Gasteiger partial charge is 0.251 e. The molecule has 2 aromatic carbocycles. The monoisotopic (exact) mass is 273 g/mol. The first-order chi connectivity index (χ1) is 9.61. The molecule has 2 aromatic rings. The number of ether oxygens (including phenoxy) is 1. The first-order valence-electron chi connectivity index (χ1n) is 6.28. The average molecular weight is 273 g/mol. The lowest BCUT2D eigenvalue weighted by molar-refractivity contribution is 0.0950. The molecule has 2 rings (SSSR count). The van der Waals surface area contributed by atoms with E-state index in [2.05, 4.69) is 5.32 Å². The summed E-state index contributed by atoms with van der Waals surface area (Å²) in [6, 6.07) is 11.6. The van der Waals surface area contributed by atoms with Crippen LogP contribution >= 0.6 is 0 Å². The second-order valence-electron chi connectivity index (χ2n) is 4.46. The largest absolute Gasteiger partial charge is 0.496 e. The average Bonchev–Trinajstić information content (AvgIpc) is 2.46. The SMILES string of the molecule is COc1ccc(C(=O)NCc2ccccc2F)cc1C. The van der Waals surface area contributed by atoms with Crippen molar-refractivity contribution in [3.05, 3.63) is 65.0 Å². The Morgan fingerprint density at radius 2 is 2.00 bits per heavy atom. The topological polar surface area (TPSA) is 38.3 Å². The van der Waals surface area contributed by atoms with Crippen molar-refractivity contribution in [3.63, 3.8) is 0 Å². The van der Waals surface area contributed by atoms with Gasteiger partial charge in [-0.1, -0.05) is 18.2 Å². The molecule has 20 heavy (non-hydrogen) atoms. The number of carbonyl (C=O) groups excluding carboxylic acids is 1. The zero-order valence-corrected chi connectivity index (χ0v) is 11.4. The van der Waals surface area contributed by atoms with Crippen LogP contribution in [0.2, 0.25) is 0 Å². The molecule has 0 aromatic heterocycles. The summed E-state index contributed by atoms with van der Waals surface area (Å²) in [5.74, 6) is 0.174. The lowest BCUT2D eigenvalue weighted by Gasteiger charge is -2.09. The van der Waals surface area contributed by atoms with Gasteiger partial charge in [-0.15, -0.1) is 0 Å². The summed E-state index contributed by atoms with van der Waals surface area (Å²) in [4.78, 5) is 12.0. The number of amides is 1. The zero-order chi connectivity index (χ0) is 14.5. The molecule has 0 spiro atoms. The van der Waals surface area contributed by atoms with E-state index in [-0.39, 0.29) is 18.3 Å². The fraction of sp³-hybridized carbons (Fsp3) is 0.188. The van der Waals surface area contributed by atoms with Crippen LogP contribution in [-0.4, -0.2) is 13.0 Å². The Labute approximate surface area is 117 Å². The van der Waals surface area contributed by atoms with Gasteiger partial charge in [0.2, 0.25) is 0 Å². The molecule has 0 saturated heterocycles. The van der Waals surface area contributed by atoms with Crippen molar-refractivity contribution in [2.45, 2.75) is 13.5 Å². The van der Waals surface area contributed by atoms with E-state index in [4.69, 9.17) is 4.74 Å². The lowest BCUT2D eigenvalue weighted by atomic mass is 10.1. The molecule has 1 N–H and O–H groups in total. The molecule has 0 aliphatic carbocycles. The van der Waals surface area contributed by atoms with Crippen LogP contribution in [0.4, 0.5) is 4.39 Å². The van der Waals surface area contributed by atoms with Gasteiger partial charge in [0.05, 0.1) is 7.11 Å². The molecule has 0 radical (unpaired) electrons. The summed E-state index contributed by atoms with van der Waals surface area (Å²) in [5.41, 5.74) is 1.87. The van der Waals surface area contributed by atoms with Crippen LogP contribution in [0.5, 0.6) is 5.75 Å². The fourth-order valence-corrected chi connectivity index (χ4v) is 1.94. The van der Waals surface area contributed by atoms with E-state index in [1.165, 1.54) is 6.07 Å². The van der Waals surface area contributed by atoms with Gasteiger partial charge >= 0.3 is 0 Å². The van der Waals surface area contributed by atoms with Crippen LogP contribution in [0.15, 0.2) is 42.5 Å². The van der Waals surface area contributed by atoms with E-state index in [9.17, 15) is 9.18 Å². The predicted molar refractivity (Wildman–Crippen MR) is 75.3 cm³/mol. The summed E-state index contributed by atoms with van der Waals surface area (Å²) >= 11 is 0. The molecule has 0 unspecified atom stereocenters.